The van der Waals surface area contributed by atoms with Gasteiger partial charge in [-0.3, -0.25) is 9.89 Å². The van der Waals surface area contributed by atoms with Crippen molar-refractivity contribution in [2.24, 2.45) is 0 Å². The zero-order valence-electron chi connectivity index (χ0n) is 13.1. The molecule has 0 radical (unpaired) electrons. The summed E-state index contributed by atoms with van der Waals surface area (Å²) in [4.78, 5) is 12.2. The van der Waals surface area contributed by atoms with Gasteiger partial charge in [0.1, 0.15) is 0 Å². The van der Waals surface area contributed by atoms with E-state index in [-0.39, 0.29) is 18.4 Å². The van der Waals surface area contributed by atoms with Gasteiger partial charge in [0.05, 0.1) is 18.2 Å². The van der Waals surface area contributed by atoms with E-state index in [1.165, 1.54) is 11.3 Å². The molecule has 0 saturated heterocycles. The highest BCUT2D eigenvalue weighted by atomic mass is 16.3. The van der Waals surface area contributed by atoms with E-state index < -0.39 is 5.60 Å². The van der Waals surface area contributed by atoms with Gasteiger partial charge >= 0.3 is 0 Å². The van der Waals surface area contributed by atoms with Gasteiger partial charge in [0.15, 0.2) is 0 Å². The third-order valence-corrected chi connectivity index (χ3v) is 4.30. The highest BCUT2D eigenvalue weighted by Crippen LogP contribution is 2.24. The van der Waals surface area contributed by atoms with Crippen molar-refractivity contribution in [3.63, 3.8) is 0 Å². The van der Waals surface area contributed by atoms with Gasteiger partial charge in [0.2, 0.25) is 5.91 Å². The molecule has 21 heavy (non-hydrogen) atoms. The standard InChI is InChI=1S/C16H27N3O2/c1-3-7-16(21,8-4-2)10-15(20)18-13-5-6-14-12(9-13)11-17-19-14/h11,13,21H,3-10H2,1-2H3,(H,17,19)(H,18,20). The number of H-pyrrole nitrogens is 1. The Balaban J connectivity index is 1.87. The Morgan fingerprint density at radius 1 is 1.48 bits per heavy atom. The molecule has 0 bridgehead atoms. The number of aliphatic hydroxyl groups is 1. The molecule has 1 atom stereocenters. The van der Waals surface area contributed by atoms with Crippen LogP contribution in [0.2, 0.25) is 0 Å². The van der Waals surface area contributed by atoms with Gasteiger partial charge in [-0.25, -0.2) is 0 Å². The van der Waals surface area contributed by atoms with Gasteiger partial charge in [-0.15, -0.1) is 0 Å². The van der Waals surface area contributed by atoms with Crippen molar-refractivity contribution < 1.29 is 9.90 Å². The van der Waals surface area contributed by atoms with E-state index in [2.05, 4.69) is 15.5 Å². The number of nitrogens with one attached hydrogen (secondary N) is 2. The normalized spacial score (nSPS) is 18.3. The van der Waals surface area contributed by atoms with Gasteiger partial charge in [0.25, 0.3) is 0 Å². The summed E-state index contributed by atoms with van der Waals surface area (Å²) in [6, 6.07) is 0.162. The minimum Gasteiger partial charge on any atom is -0.389 e. The molecule has 1 amide bonds. The van der Waals surface area contributed by atoms with E-state index in [0.717, 1.165) is 32.1 Å². The second-order valence-electron chi connectivity index (χ2n) is 6.28. The van der Waals surface area contributed by atoms with Crippen LogP contribution in [-0.2, 0) is 17.6 Å². The SMILES string of the molecule is CCCC(O)(CCC)CC(=O)NC1CCc2[nH]ncc2C1. The number of nitrogens with zero attached hydrogens (tertiary/aromatic N) is 1. The van der Waals surface area contributed by atoms with Crippen LogP contribution < -0.4 is 5.32 Å². The fraction of sp³-hybridized carbons (Fsp3) is 0.750. The average molecular weight is 293 g/mol. The molecular weight excluding hydrogens is 266 g/mol. The number of aryl methyl sites for hydroxylation is 1. The number of carbonyl (C=O) groups is 1. The minimum absolute atomic E-state index is 0.0312. The highest BCUT2D eigenvalue weighted by Gasteiger charge is 2.29. The smallest absolute Gasteiger partial charge is 0.223 e. The van der Waals surface area contributed by atoms with Crippen molar-refractivity contribution in [2.75, 3.05) is 0 Å². The lowest BCUT2D eigenvalue weighted by atomic mass is 9.88. The maximum absolute atomic E-state index is 12.2. The summed E-state index contributed by atoms with van der Waals surface area (Å²) in [5.74, 6) is -0.0312. The molecule has 0 fully saturated rings. The van der Waals surface area contributed by atoms with E-state index in [0.29, 0.717) is 12.8 Å². The Hall–Kier alpha value is -1.36. The van der Waals surface area contributed by atoms with Crippen LogP contribution in [0.15, 0.2) is 6.20 Å². The highest BCUT2D eigenvalue weighted by molar-refractivity contribution is 5.77. The van der Waals surface area contributed by atoms with Crippen molar-refractivity contribution in [2.45, 2.75) is 76.9 Å². The van der Waals surface area contributed by atoms with E-state index in [1.807, 2.05) is 20.0 Å². The summed E-state index contributed by atoms with van der Waals surface area (Å²) in [6.45, 7) is 4.08. The molecule has 1 unspecified atom stereocenters. The average Bonchev–Trinajstić information content (AvgIpc) is 2.86. The molecule has 0 saturated carbocycles. The number of hydrogen-bond acceptors (Lipinski definition) is 3. The quantitative estimate of drug-likeness (QED) is 0.720. The van der Waals surface area contributed by atoms with Crippen LogP contribution in [0.5, 0.6) is 0 Å². The first-order valence-electron chi connectivity index (χ1n) is 8.09. The zero-order chi connectivity index (χ0) is 15.3. The molecule has 0 aliphatic heterocycles. The van der Waals surface area contributed by atoms with E-state index in [1.54, 1.807) is 0 Å². The van der Waals surface area contributed by atoms with Crippen molar-refractivity contribution in [3.05, 3.63) is 17.5 Å². The number of rotatable bonds is 7. The third-order valence-electron chi connectivity index (χ3n) is 4.30. The predicted octanol–water partition coefficient (Wildman–Crippen LogP) is 2.10. The molecule has 1 aliphatic rings. The molecule has 5 heteroatoms. The molecule has 2 rings (SSSR count). The van der Waals surface area contributed by atoms with Crippen LogP contribution in [0.4, 0.5) is 0 Å². The monoisotopic (exact) mass is 293 g/mol. The molecular formula is C16H27N3O2. The zero-order valence-corrected chi connectivity index (χ0v) is 13.1. The maximum atomic E-state index is 12.2. The number of carbonyl (C=O) groups excluding carboxylic acids is 1. The van der Waals surface area contributed by atoms with Gasteiger partial charge in [-0.1, -0.05) is 26.7 Å². The summed E-state index contributed by atoms with van der Waals surface area (Å²) in [7, 11) is 0. The Morgan fingerprint density at radius 3 is 2.86 bits per heavy atom. The van der Waals surface area contributed by atoms with Crippen LogP contribution >= 0.6 is 0 Å². The Morgan fingerprint density at radius 2 is 2.19 bits per heavy atom. The number of amides is 1. The molecule has 3 N–H and O–H groups in total. The Labute approximate surface area is 126 Å². The predicted molar refractivity (Wildman–Crippen MR) is 81.9 cm³/mol. The van der Waals surface area contributed by atoms with Crippen molar-refractivity contribution in [3.8, 4) is 0 Å². The van der Waals surface area contributed by atoms with Crippen LogP contribution in [0.1, 0.15) is 63.6 Å². The van der Waals surface area contributed by atoms with Crippen LogP contribution in [0.25, 0.3) is 0 Å². The van der Waals surface area contributed by atoms with Crippen LogP contribution in [-0.4, -0.2) is 32.9 Å². The second kappa shape index (κ2) is 7.07. The summed E-state index contributed by atoms with van der Waals surface area (Å²) in [6.07, 6.45) is 7.90. The number of aromatic nitrogens is 2. The van der Waals surface area contributed by atoms with Crippen LogP contribution in [0, 0.1) is 0 Å². The van der Waals surface area contributed by atoms with Gasteiger partial charge in [-0.2, -0.15) is 5.10 Å². The first-order valence-corrected chi connectivity index (χ1v) is 8.09. The van der Waals surface area contributed by atoms with Gasteiger partial charge in [-0.05, 0) is 37.7 Å². The molecule has 1 aromatic heterocycles. The van der Waals surface area contributed by atoms with Crippen molar-refractivity contribution in [1.29, 1.82) is 0 Å². The fourth-order valence-electron chi connectivity index (χ4n) is 3.35. The largest absolute Gasteiger partial charge is 0.389 e. The Bertz CT molecular complexity index is 464. The molecule has 1 heterocycles. The van der Waals surface area contributed by atoms with Crippen LogP contribution in [0.3, 0.4) is 0 Å². The Kier molecular flexibility index (Phi) is 5.39. The topological polar surface area (TPSA) is 78.0 Å². The number of aromatic amines is 1. The molecule has 118 valence electrons. The summed E-state index contributed by atoms with van der Waals surface area (Å²) < 4.78 is 0. The molecule has 0 aromatic carbocycles. The number of hydrogen-bond donors (Lipinski definition) is 3. The number of fused-ring (bicyclic) bond motifs is 1. The van der Waals surface area contributed by atoms with Gasteiger partial charge in [0, 0.05) is 11.7 Å². The van der Waals surface area contributed by atoms with E-state index in [4.69, 9.17) is 0 Å². The van der Waals surface area contributed by atoms with E-state index in [9.17, 15) is 9.90 Å². The second-order valence-corrected chi connectivity index (χ2v) is 6.28. The molecule has 1 aliphatic carbocycles. The lowest BCUT2D eigenvalue weighted by Gasteiger charge is -2.29. The van der Waals surface area contributed by atoms with E-state index >= 15 is 0 Å². The van der Waals surface area contributed by atoms with Crippen molar-refractivity contribution >= 4 is 5.91 Å². The van der Waals surface area contributed by atoms with Gasteiger partial charge < -0.3 is 10.4 Å². The minimum atomic E-state index is -0.844. The summed E-state index contributed by atoms with van der Waals surface area (Å²) >= 11 is 0. The first-order chi connectivity index (χ1) is 10.1. The lowest BCUT2D eigenvalue weighted by molar-refractivity contribution is -0.127. The lowest BCUT2D eigenvalue weighted by Crippen LogP contribution is -2.43. The molecule has 1 aromatic rings. The maximum Gasteiger partial charge on any atom is 0.223 e. The fourth-order valence-corrected chi connectivity index (χ4v) is 3.35. The third kappa shape index (κ3) is 4.30. The molecule has 5 nitrogen and oxygen atoms in total. The molecule has 0 spiro atoms. The summed E-state index contributed by atoms with van der Waals surface area (Å²) in [5, 5.41) is 20.7. The van der Waals surface area contributed by atoms with Crippen molar-refractivity contribution in [1.82, 2.24) is 15.5 Å². The first kappa shape index (κ1) is 16.0. The summed E-state index contributed by atoms with van der Waals surface area (Å²) in [5.41, 5.74) is 1.54.